The normalized spacial score (nSPS) is 14.8. The molecule has 1 saturated heterocycles. The summed E-state index contributed by atoms with van der Waals surface area (Å²) >= 11 is 0. The van der Waals surface area contributed by atoms with Crippen LogP contribution in [-0.2, 0) is 4.79 Å². The maximum absolute atomic E-state index is 11.8. The van der Waals surface area contributed by atoms with Gasteiger partial charge in [0.15, 0.2) is 0 Å². The van der Waals surface area contributed by atoms with Crippen LogP contribution in [0.5, 0.6) is 0 Å². The van der Waals surface area contributed by atoms with Gasteiger partial charge in [-0.25, -0.2) is 9.59 Å². The van der Waals surface area contributed by atoms with Crippen molar-refractivity contribution in [2.45, 2.75) is 12.8 Å². The Morgan fingerprint density at radius 1 is 1.16 bits per heavy atom. The fourth-order valence-corrected chi connectivity index (χ4v) is 1.97. The second kappa shape index (κ2) is 6.04. The molecule has 5 heteroatoms. The van der Waals surface area contributed by atoms with Crippen molar-refractivity contribution in [2.75, 3.05) is 18.4 Å². The quantitative estimate of drug-likeness (QED) is 0.820. The van der Waals surface area contributed by atoms with Gasteiger partial charge in [0.2, 0.25) is 0 Å². The molecule has 1 aromatic carbocycles. The van der Waals surface area contributed by atoms with Crippen molar-refractivity contribution in [1.82, 2.24) is 4.90 Å². The zero-order valence-electron chi connectivity index (χ0n) is 10.5. The molecule has 19 heavy (non-hydrogen) atoms. The first-order valence-corrected chi connectivity index (χ1v) is 6.22. The second-order valence-electron chi connectivity index (χ2n) is 4.42. The van der Waals surface area contributed by atoms with E-state index in [0.29, 0.717) is 5.69 Å². The molecule has 1 aromatic rings. The molecule has 0 saturated carbocycles. The molecule has 1 aliphatic rings. The summed E-state index contributed by atoms with van der Waals surface area (Å²) in [5.74, 6) is -0.980. The Bertz CT molecular complexity index is 488. The lowest BCUT2D eigenvalue weighted by atomic mass is 10.2. The van der Waals surface area contributed by atoms with Crippen molar-refractivity contribution in [1.29, 1.82) is 0 Å². The number of amides is 2. The number of nitrogens with one attached hydrogen (secondary N) is 1. The zero-order valence-corrected chi connectivity index (χ0v) is 10.5. The first kappa shape index (κ1) is 13.1. The van der Waals surface area contributed by atoms with Crippen molar-refractivity contribution in [3.63, 3.8) is 0 Å². The van der Waals surface area contributed by atoms with Gasteiger partial charge in [-0.05, 0) is 36.6 Å². The number of rotatable bonds is 3. The minimum Gasteiger partial charge on any atom is -0.478 e. The molecule has 1 heterocycles. The molecular weight excluding hydrogens is 244 g/mol. The van der Waals surface area contributed by atoms with Crippen LogP contribution in [0, 0.1) is 0 Å². The van der Waals surface area contributed by atoms with Crippen molar-refractivity contribution in [3.8, 4) is 0 Å². The van der Waals surface area contributed by atoms with Crippen LogP contribution in [-0.4, -0.2) is 35.1 Å². The van der Waals surface area contributed by atoms with Crippen LogP contribution in [0.25, 0.3) is 6.08 Å². The molecule has 2 N–H and O–H groups in total. The fourth-order valence-electron chi connectivity index (χ4n) is 1.97. The van der Waals surface area contributed by atoms with E-state index in [1.165, 1.54) is 6.08 Å². The molecule has 0 atom stereocenters. The molecule has 0 bridgehead atoms. The maximum atomic E-state index is 11.8. The number of likely N-dealkylation sites (tertiary alicyclic amines) is 1. The van der Waals surface area contributed by atoms with Crippen molar-refractivity contribution >= 4 is 23.8 Å². The summed E-state index contributed by atoms with van der Waals surface area (Å²) in [5, 5.41) is 11.3. The van der Waals surface area contributed by atoms with E-state index in [-0.39, 0.29) is 6.03 Å². The highest BCUT2D eigenvalue weighted by atomic mass is 16.4. The average molecular weight is 260 g/mol. The predicted octanol–water partition coefficient (Wildman–Crippen LogP) is 2.41. The third-order valence-corrected chi connectivity index (χ3v) is 2.97. The molecule has 0 spiro atoms. The van der Waals surface area contributed by atoms with Crippen LogP contribution in [0.3, 0.4) is 0 Å². The lowest BCUT2D eigenvalue weighted by molar-refractivity contribution is -0.131. The minimum atomic E-state index is -0.980. The number of carbonyl (C=O) groups is 2. The smallest absolute Gasteiger partial charge is 0.328 e. The SMILES string of the molecule is O=C(O)C=Cc1ccc(NC(=O)N2CCCC2)cc1. The molecule has 0 aliphatic carbocycles. The van der Waals surface area contributed by atoms with Crippen molar-refractivity contribution in [3.05, 3.63) is 35.9 Å². The Kier molecular flexibility index (Phi) is 4.18. The molecule has 100 valence electrons. The molecule has 0 unspecified atom stereocenters. The molecule has 2 amide bonds. The van der Waals surface area contributed by atoms with Crippen LogP contribution < -0.4 is 5.32 Å². The highest BCUT2D eigenvalue weighted by Gasteiger charge is 2.17. The van der Waals surface area contributed by atoms with Crippen molar-refractivity contribution < 1.29 is 14.7 Å². The highest BCUT2D eigenvalue weighted by Crippen LogP contribution is 2.14. The molecule has 2 rings (SSSR count). The number of aliphatic carboxylic acids is 1. The van der Waals surface area contributed by atoms with E-state index < -0.39 is 5.97 Å². The van der Waals surface area contributed by atoms with E-state index in [4.69, 9.17) is 5.11 Å². The number of carbonyl (C=O) groups excluding carboxylic acids is 1. The molecule has 5 nitrogen and oxygen atoms in total. The molecular formula is C14H16N2O3. The first-order chi connectivity index (χ1) is 9.15. The van der Waals surface area contributed by atoms with Gasteiger partial charge < -0.3 is 15.3 Å². The molecule has 0 radical (unpaired) electrons. The largest absolute Gasteiger partial charge is 0.478 e. The van der Waals surface area contributed by atoms with Crippen LogP contribution in [0.4, 0.5) is 10.5 Å². The second-order valence-corrected chi connectivity index (χ2v) is 4.42. The lowest BCUT2D eigenvalue weighted by Gasteiger charge is -2.16. The van der Waals surface area contributed by atoms with E-state index in [1.54, 1.807) is 29.2 Å². The van der Waals surface area contributed by atoms with E-state index in [9.17, 15) is 9.59 Å². The van der Waals surface area contributed by atoms with Gasteiger partial charge in [0.05, 0.1) is 0 Å². The summed E-state index contributed by atoms with van der Waals surface area (Å²) in [5.41, 5.74) is 1.49. The number of carboxylic acid groups (broad SMARTS) is 1. The van der Waals surface area contributed by atoms with Gasteiger partial charge >= 0.3 is 12.0 Å². The van der Waals surface area contributed by atoms with Crippen LogP contribution in [0.15, 0.2) is 30.3 Å². The van der Waals surface area contributed by atoms with E-state index in [2.05, 4.69) is 5.32 Å². The van der Waals surface area contributed by atoms with Crippen LogP contribution >= 0.6 is 0 Å². The van der Waals surface area contributed by atoms with Gasteiger partial charge in [-0.3, -0.25) is 0 Å². The first-order valence-electron chi connectivity index (χ1n) is 6.22. The van der Waals surface area contributed by atoms with Gasteiger partial charge in [0.1, 0.15) is 0 Å². The van der Waals surface area contributed by atoms with E-state index in [0.717, 1.165) is 37.6 Å². The van der Waals surface area contributed by atoms with Gasteiger partial charge in [0.25, 0.3) is 0 Å². The summed E-state index contributed by atoms with van der Waals surface area (Å²) in [4.78, 5) is 24.0. The summed E-state index contributed by atoms with van der Waals surface area (Å²) in [7, 11) is 0. The number of anilines is 1. The standard InChI is InChI=1S/C14H16N2O3/c17-13(18)8-5-11-3-6-12(7-4-11)15-14(19)16-9-1-2-10-16/h3-8H,1-2,9-10H2,(H,15,19)(H,17,18). The third-order valence-electron chi connectivity index (χ3n) is 2.97. The Hall–Kier alpha value is -2.30. The average Bonchev–Trinajstić information content (AvgIpc) is 2.92. The van der Waals surface area contributed by atoms with Gasteiger partial charge in [-0.15, -0.1) is 0 Å². The Morgan fingerprint density at radius 2 is 1.79 bits per heavy atom. The van der Waals surface area contributed by atoms with E-state index >= 15 is 0 Å². The fraction of sp³-hybridized carbons (Fsp3) is 0.286. The number of hydrogen-bond acceptors (Lipinski definition) is 2. The Balaban J connectivity index is 1.94. The van der Waals surface area contributed by atoms with E-state index in [1.807, 2.05) is 0 Å². The van der Waals surface area contributed by atoms with Crippen LogP contribution in [0.2, 0.25) is 0 Å². The highest BCUT2D eigenvalue weighted by molar-refractivity contribution is 5.90. The molecule has 1 aliphatic heterocycles. The lowest BCUT2D eigenvalue weighted by Crippen LogP contribution is -2.32. The minimum absolute atomic E-state index is 0.0775. The molecule has 0 aromatic heterocycles. The molecule has 1 fully saturated rings. The Labute approximate surface area is 111 Å². The van der Waals surface area contributed by atoms with Crippen molar-refractivity contribution in [2.24, 2.45) is 0 Å². The maximum Gasteiger partial charge on any atom is 0.328 e. The topological polar surface area (TPSA) is 69.6 Å². The zero-order chi connectivity index (χ0) is 13.7. The number of urea groups is 1. The third kappa shape index (κ3) is 3.84. The predicted molar refractivity (Wildman–Crippen MR) is 72.9 cm³/mol. The number of carboxylic acids is 1. The van der Waals surface area contributed by atoms with Crippen LogP contribution in [0.1, 0.15) is 18.4 Å². The summed E-state index contributed by atoms with van der Waals surface area (Å²) in [6, 6.07) is 6.97. The van der Waals surface area contributed by atoms with Gasteiger partial charge in [-0.2, -0.15) is 0 Å². The summed E-state index contributed by atoms with van der Waals surface area (Å²) < 4.78 is 0. The summed E-state index contributed by atoms with van der Waals surface area (Å²) in [6.07, 6.45) is 4.71. The number of benzene rings is 1. The number of hydrogen-bond donors (Lipinski definition) is 2. The summed E-state index contributed by atoms with van der Waals surface area (Å²) in [6.45, 7) is 1.62. The Morgan fingerprint density at radius 3 is 2.37 bits per heavy atom. The van der Waals surface area contributed by atoms with Gasteiger partial charge in [-0.1, -0.05) is 12.1 Å². The number of nitrogens with zero attached hydrogens (tertiary/aromatic N) is 1. The monoisotopic (exact) mass is 260 g/mol. The van der Waals surface area contributed by atoms with Gasteiger partial charge in [0, 0.05) is 24.9 Å².